The number of carbonyl (C=O) groups excluding carboxylic acids is 2. The minimum atomic E-state index is -1.03. The van der Waals surface area contributed by atoms with Crippen molar-refractivity contribution in [1.29, 1.82) is 0 Å². The van der Waals surface area contributed by atoms with Gasteiger partial charge in [-0.3, -0.25) is 14.4 Å². The first-order valence-corrected chi connectivity index (χ1v) is 18.3. The Kier molecular flexibility index (Phi) is 32.2. The van der Waals surface area contributed by atoms with E-state index in [2.05, 4.69) is 61.7 Å². The summed E-state index contributed by atoms with van der Waals surface area (Å²) in [6.07, 6.45) is 42.5. The molecule has 1 atom stereocenters. The molecule has 0 spiro atoms. The number of ether oxygens (including phenoxy) is 1. The van der Waals surface area contributed by atoms with Gasteiger partial charge in [-0.1, -0.05) is 127 Å². The van der Waals surface area contributed by atoms with Crippen LogP contribution in [0.25, 0.3) is 0 Å². The molecule has 0 aromatic carbocycles. The molecule has 6 heteroatoms. The summed E-state index contributed by atoms with van der Waals surface area (Å²) >= 11 is 0. The normalized spacial score (nSPS) is 12.6. The Morgan fingerprint density at radius 2 is 1.13 bits per heavy atom. The van der Waals surface area contributed by atoms with Gasteiger partial charge in [0, 0.05) is 12.8 Å². The third kappa shape index (κ3) is 34.1. The van der Waals surface area contributed by atoms with E-state index < -0.39 is 5.97 Å². The molecule has 6 nitrogen and oxygen atoms in total. The zero-order chi connectivity index (χ0) is 33.1. The predicted octanol–water partition coefficient (Wildman–Crippen LogP) is 10.7. The predicted molar refractivity (Wildman–Crippen MR) is 189 cm³/mol. The molecular weight excluding hydrogens is 562 g/mol. The summed E-state index contributed by atoms with van der Waals surface area (Å²) in [5.74, 6) is -1.37. The molecular formula is C39H67NO5. The number of hydrogen-bond donors (Lipinski definition) is 2. The summed E-state index contributed by atoms with van der Waals surface area (Å²) in [5.41, 5.74) is 0. The number of esters is 1. The SMILES string of the molecule is CCC/C=C\C/C=C\C(CCCCCCC(=O)NCC(=O)O)OC(=O)CCCCCCCCC/C=C\C/C=C\CCCCCC. The maximum absolute atomic E-state index is 12.6. The van der Waals surface area contributed by atoms with Gasteiger partial charge in [-0.25, -0.2) is 0 Å². The van der Waals surface area contributed by atoms with Crippen LogP contribution in [0, 0.1) is 0 Å². The van der Waals surface area contributed by atoms with E-state index in [0.717, 1.165) is 70.6 Å². The van der Waals surface area contributed by atoms with Gasteiger partial charge in [-0.05, 0) is 76.7 Å². The monoisotopic (exact) mass is 630 g/mol. The van der Waals surface area contributed by atoms with E-state index in [9.17, 15) is 14.4 Å². The Morgan fingerprint density at radius 3 is 1.76 bits per heavy atom. The van der Waals surface area contributed by atoms with Gasteiger partial charge in [-0.2, -0.15) is 0 Å². The number of rotatable bonds is 32. The van der Waals surface area contributed by atoms with Crippen molar-refractivity contribution in [2.45, 2.75) is 174 Å². The van der Waals surface area contributed by atoms with Gasteiger partial charge in [-0.15, -0.1) is 0 Å². The zero-order valence-electron chi connectivity index (χ0n) is 29.0. The van der Waals surface area contributed by atoms with E-state index in [1.165, 1.54) is 70.6 Å². The number of carbonyl (C=O) groups is 3. The lowest BCUT2D eigenvalue weighted by atomic mass is 10.1. The number of allylic oxidation sites excluding steroid dienone is 7. The number of unbranched alkanes of at least 4 members (excludes halogenated alkanes) is 15. The summed E-state index contributed by atoms with van der Waals surface area (Å²) in [5, 5.41) is 11.0. The van der Waals surface area contributed by atoms with Gasteiger partial charge in [0.25, 0.3) is 0 Å². The Bertz CT molecular complexity index is 829. The van der Waals surface area contributed by atoms with Gasteiger partial charge in [0.05, 0.1) is 0 Å². The first-order valence-electron chi connectivity index (χ1n) is 18.3. The summed E-state index contributed by atoms with van der Waals surface area (Å²) in [6.45, 7) is 4.08. The molecule has 0 fully saturated rings. The van der Waals surface area contributed by atoms with Gasteiger partial charge in [0.15, 0.2) is 0 Å². The molecule has 0 aliphatic rings. The van der Waals surface area contributed by atoms with Crippen molar-refractivity contribution >= 4 is 17.8 Å². The fraction of sp³-hybridized carbons (Fsp3) is 0.718. The fourth-order valence-corrected chi connectivity index (χ4v) is 4.97. The second-order valence-electron chi connectivity index (χ2n) is 12.1. The van der Waals surface area contributed by atoms with Crippen molar-refractivity contribution < 1.29 is 24.2 Å². The molecule has 0 aromatic heterocycles. The number of carboxylic acid groups (broad SMARTS) is 1. The Labute approximate surface area is 276 Å². The van der Waals surface area contributed by atoms with E-state index in [1.54, 1.807) is 0 Å². The average molecular weight is 630 g/mol. The quantitative estimate of drug-likeness (QED) is 0.0439. The molecule has 1 amide bonds. The second kappa shape index (κ2) is 34.2. The number of hydrogen-bond acceptors (Lipinski definition) is 4. The van der Waals surface area contributed by atoms with Crippen molar-refractivity contribution in [3.8, 4) is 0 Å². The van der Waals surface area contributed by atoms with E-state index in [4.69, 9.17) is 9.84 Å². The van der Waals surface area contributed by atoms with Crippen molar-refractivity contribution in [1.82, 2.24) is 5.32 Å². The molecule has 0 aliphatic carbocycles. The first-order chi connectivity index (χ1) is 22.0. The third-order valence-electron chi connectivity index (χ3n) is 7.69. The standard InChI is InChI=1S/C39H67NO5/c1-3-5-7-9-11-12-13-14-15-16-17-18-19-20-21-22-24-30-34-39(44)45-36(31-27-23-10-8-6-4-2)32-28-25-26-29-33-37(41)40-35-38(42)43/h8,10,12-13,15-16,27,31,36H,3-7,9,11,14,17-26,28-30,32-35H2,1-2H3,(H,40,41)(H,42,43)/b10-8-,13-12-,16-15-,31-27-. The van der Waals surface area contributed by atoms with Crippen molar-refractivity contribution in [3.05, 3.63) is 48.6 Å². The van der Waals surface area contributed by atoms with E-state index in [-0.39, 0.29) is 24.5 Å². The molecule has 0 aromatic rings. The van der Waals surface area contributed by atoms with Crippen LogP contribution in [0.15, 0.2) is 48.6 Å². The number of nitrogens with one attached hydrogen (secondary N) is 1. The fourth-order valence-electron chi connectivity index (χ4n) is 4.97. The van der Waals surface area contributed by atoms with Crippen LogP contribution in [0.1, 0.15) is 168 Å². The molecule has 0 saturated heterocycles. The summed E-state index contributed by atoms with van der Waals surface area (Å²) in [6, 6.07) is 0. The third-order valence-corrected chi connectivity index (χ3v) is 7.69. The van der Waals surface area contributed by atoms with Gasteiger partial charge >= 0.3 is 11.9 Å². The number of carboxylic acids is 1. The minimum Gasteiger partial charge on any atom is -0.480 e. The molecule has 1 unspecified atom stereocenters. The lowest BCUT2D eigenvalue weighted by molar-refractivity contribution is -0.147. The summed E-state index contributed by atoms with van der Waals surface area (Å²) in [4.78, 5) is 34.7. The molecule has 0 rings (SSSR count). The van der Waals surface area contributed by atoms with Crippen LogP contribution in [0.4, 0.5) is 0 Å². The Hall–Kier alpha value is -2.63. The highest BCUT2D eigenvalue weighted by Gasteiger charge is 2.11. The van der Waals surface area contributed by atoms with Crippen LogP contribution in [-0.2, 0) is 19.1 Å². The van der Waals surface area contributed by atoms with E-state index >= 15 is 0 Å². The van der Waals surface area contributed by atoms with Crippen molar-refractivity contribution in [2.75, 3.05) is 6.54 Å². The van der Waals surface area contributed by atoms with E-state index in [0.29, 0.717) is 12.8 Å². The van der Waals surface area contributed by atoms with Crippen LogP contribution in [0.2, 0.25) is 0 Å². The summed E-state index contributed by atoms with van der Waals surface area (Å²) < 4.78 is 5.83. The number of aliphatic carboxylic acids is 1. The minimum absolute atomic E-state index is 0.112. The molecule has 0 aliphatic heterocycles. The molecule has 0 heterocycles. The Morgan fingerprint density at radius 1 is 0.600 bits per heavy atom. The molecule has 0 saturated carbocycles. The molecule has 45 heavy (non-hydrogen) atoms. The lowest BCUT2D eigenvalue weighted by Crippen LogP contribution is -2.28. The van der Waals surface area contributed by atoms with Crippen molar-refractivity contribution in [3.63, 3.8) is 0 Å². The summed E-state index contributed by atoms with van der Waals surface area (Å²) in [7, 11) is 0. The van der Waals surface area contributed by atoms with Crippen LogP contribution in [0.5, 0.6) is 0 Å². The van der Waals surface area contributed by atoms with Crippen LogP contribution >= 0.6 is 0 Å². The van der Waals surface area contributed by atoms with Gasteiger partial charge in [0.1, 0.15) is 12.6 Å². The van der Waals surface area contributed by atoms with Crippen LogP contribution in [-0.4, -0.2) is 35.6 Å². The number of amides is 1. The molecule has 258 valence electrons. The first kappa shape index (κ1) is 42.4. The highest BCUT2D eigenvalue weighted by Crippen LogP contribution is 2.15. The van der Waals surface area contributed by atoms with Crippen molar-refractivity contribution in [2.24, 2.45) is 0 Å². The Balaban J connectivity index is 4.05. The highest BCUT2D eigenvalue weighted by molar-refractivity contribution is 5.80. The lowest BCUT2D eigenvalue weighted by Gasteiger charge is -2.14. The average Bonchev–Trinajstić information content (AvgIpc) is 3.02. The highest BCUT2D eigenvalue weighted by atomic mass is 16.5. The zero-order valence-corrected chi connectivity index (χ0v) is 29.0. The maximum atomic E-state index is 12.6. The largest absolute Gasteiger partial charge is 0.480 e. The smallest absolute Gasteiger partial charge is 0.322 e. The van der Waals surface area contributed by atoms with Gasteiger partial charge in [0.2, 0.25) is 5.91 Å². The second-order valence-corrected chi connectivity index (χ2v) is 12.1. The molecule has 2 N–H and O–H groups in total. The van der Waals surface area contributed by atoms with Crippen LogP contribution in [0.3, 0.4) is 0 Å². The topological polar surface area (TPSA) is 92.7 Å². The molecule has 0 radical (unpaired) electrons. The molecule has 0 bridgehead atoms. The van der Waals surface area contributed by atoms with Gasteiger partial charge < -0.3 is 15.2 Å². The maximum Gasteiger partial charge on any atom is 0.322 e. The van der Waals surface area contributed by atoms with Crippen LogP contribution < -0.4 is 5.32 Å². The van der Waals surface area contributed by atoms with E-state index in [1.807, 2.05) is 6.08 Å².